The zero-order valence-electron chi connectivity index (χ0n) is 17.2. The van der Waals surface area contributed by atoms with Crippen LogP contribution in [0.1, 0.15) is 29.2 Å². The molecule has 5 nitrogen and oxygen atoms in total. The normalized spacial score (nSPS) is 14.6. The Morgan fingerprint density at radius 2 is 1.71 bits per heavy atom. The minimum atomic E-state index is -3.88. The Kier molecular flexibility index (Phi) is 6.25. The third kappa shape index (κ3) is 5.06. The lowest BCUT2D eigenvalue weighted by molar-refractivity contribution is 0.297. The topological polar surface area (TPSA) is 64.6 Å². The standard InChI is InChI=1S/C24H24FNO4S/c1-17-14-20(9-10-21(17)25)31(27,28)26-22(15-18-6-3-2-4-7-18)19-8-11-23-24(16-19)30-13-5-12-29-23/h2-4,6-11,14,16,22,26H,5,12-13,15H2,1H3. The van der Waals surface area contributed by atoms with Gasteiger partial charge < -0.3 is 9.47 Å². The molecule has 0 spiro atoms. The molecular weight excluding hydrogens is 417 g/mol. The molecule has 0 saturated carbocycles. The highest BCUT2D eigenvalue weighted by Gasteiger charge is 2.24. The molecular formula is C24H24FNO4S. The minimum absolute atomic E-state index is 0.0267. The Morgan fingerprint density at radius 3 is 2.45 bits per heavy atom. The van der Waals surface area contributed by atoms with Crippen molar-refractivity contribution in [3.8, 4) is 11.5 Å². The van der Waals surface area contributed by atoms with Crippen molar-refractivity contribution in [2.45, 2.75) is 30.7 Å². The highest BCUT2D eigenvalue weighted by atomic mass is 32.2. The molecule has 0 fully saturated rings. The molecule has 3 aromatic carbocycles. The molecule has 31 heavy (non-hydrogen) atoms. The van der Waals surface area contributed by atoms with Crippen molar-refractivity contribution in [3.63, 3.8) is 0 Å². The van der Waals surface area contributed by atoms with Crippen LogP contribution in [0.5, 0.6) is 11.5 Å². The molecule has 1 atom stereocenters. The van der Waals surface area contributed by atoms with Gasteiger partial charge in [-0.05, 0) is 60.4 Å². The minimum Gasteiger partial charge on any atom is -0.490 e. The molecule has 0 amide bonds. The number of nitrogens with one attached hydrogen (secondary N) is 1. The van der Waals surface area contributed by atoms with Gasteiger partial charge in [-0.25, -0.2) is 17.5 Å². The Morgan fingerprint density at radius 1 is 0.968 bits per heavy atom. The van der Waals surface area contributed by atoms with E-state index in [2.05, 4.69) is 4.72 Å². The van der Waals surface area contributed by atoms with E-state index >= 15 is 0 Å². The fraction of sp³-hybridized carbons (Fsp3) is 0.250. The number of sulfonamides is 1. The molecule has 1 aliphatic heterocycles. The number of hydrogen-bond acceptors (Lipinski definition) is 4. The van der Waals surface area contributed by atoms with Gasteiger partial charge in [0.2, 0.25) is 10.0 Å². The number of aryl methyl sites for hydroxylation is 1. The number of benzene rings is 3. The van der Waals surface area contributed by atoms with Crippen molar-refractivity contribution in [1.29, 1.82) is 0 Å². The molecule has 0 bridgehead atoms. The van der Waals surface area contributed by atoms with Gasteiger partial charge in [-0.1, -0.05) is 36.4 Å². The van der Waals surface area contributed by atoms with Crippen molar-refractivity contribution in [3.05, 3.63) is 89.2 Å². The van der Waals surface area contributed by atoms with E-state index in [0.717, 1.165) is 17.5 Å². The second-order valence-electron chi connectivity index (χ2n) is 7.53. The SMILES string of the molecule is Cc1cc(S(=O)(=O)NC(Cc2ccccc2)c2ccc3c(c2)OCCCO3)ccc1F. The molecule has 0 saturated heterocycles. The van der Waals surface area contributed by atoms with E-state index in [9.17, 15) is 12.8 Å². The summed E-state index contributed by atoms with van der Waals surface area (Å²) >= 11 is 0. The molecule has 4 rings (SSSR count). The first-order valence-corrected chi connectivity index (χ1v) is 11.6. The Balaban J connectivity index is 1.69. The maximum atomic E-state index is 13.7. The molecule has 0 aromatic heterocycles. The van der Waals surface area contributed by atoms with E-state index in [0.29, 0.717) is 31.1 Å². The largest absolute Gasteiger partial charge is 0.490 e. The van der Waals surface area contributed by atoms with Crippen LogP contribution in [0.3, 0.4) is 0 Å². The summed E-state index contributed by atoms with van der Waals surface area (Å²) in [7, 11) is -3.88. The second kappa shape index (κ2) is 9.08. The van der Waals surface area contributed by atoms with Crippen molar-refractivity contribution in [2.24, 2.45) is 0 Å². The van der Waals surface area contributed by atoms with E-state index in [-0.39, 0.29) is 10.5 Å². The van der Waals surface area contributed by atoms with Crippen LogP contribution in [0.15, 0.2) is 71.6 Å². The first kappa shape index (κ1) is 21.3. The van der Waals surface area contributed by atoms with Crippen molar-refractivity contribution < 1.29 is 22.3 Å². The van der Waals surface area contributed by atoms with Gasteiger partial charge in [0.1, 0.15) is 5.82 Å². The molecule has 0 aliphatic carbocycles. The van der Waals surface area contributed by atoms with Crippen LogP contribution in [0, 0.1) is 12.7 Å². The zero-order chi connectivity index (χ0) is 21.8. The van der Waals surface area contributed by atoms with Crippen LogP contribution in [0.25, 0.3) is 0 Å². The smallest absolute Gasteiger partial charge is 0.241 e. The van der Waals surface area contributed by atoms with E-state index in [1.165, 1.54) is 18.2 Å². The first-order chi connectivity index (χ1) is 14.9. The van der Waals surface area contributed by atoms with Gasteiger partial charge in [0.05, 0.1) is 24.2 Å². The third-order valence-corrected chi connectivity index (χ3v) is 6.66. The van der Waals surface area contributed by atoms with Crippen LogP contribution >= 0.6 is 0 Å². The van der Waals surface area contributed by atoms with Crippen molar-refractivity contribution in [2.75, 3.05) is 13.2 Å². The molecule has 1 heterocycles. The van der Waals surface area contributed by atoms with E-state index in [1.54, 1.807) is 6.92 Å². The molecule has 3 aromatic rings. The van der Waals surface area contributed by atoms with Crippen molar-refractivity contribution >= 4 is 10.0 Å². The molecule has 0 radical (unpaired) electrons. The zero-order valence-corrected chi connectivity index (χ0v) is 18.0. The summed E-state index contributed by atoms with van der Waals surface area (Å²) in [6.07, 6.45) is 1.23. The van der Waals surface area contributed by atoms with Crippen LogP contribution in [-0.4, -0.2) is 21.6 Å². The van der Waals surface area contributed by atoms with E-state index in [4.69, 9.17) is 9.47 Å². The lowest BCUT2D eigenvalue weighted by atomic mass is 9.99. The average molecular weight is 442 g/mol. The first-order valence-electron chi connectivity index (χ1n) is 10.1. The number of hydrogen-bond donors (Lipinski definition) is 1. The molecule has 1 unspecified atom stereocenters. The van der Waals surface area contributed by atoms with Crippen LogP contribution in [-0.2, 0) is 16.4 Å². The van der Waals surface area contributed by atoms with Gasteiger partial charge >= 0.3 is 0 Å². The maximum Gasteiger partial charge on any atom is 0.241 e. The van der Waals surface area contributed by atoms with Gasteiger partial charge in [0.15, 0.2) is 11.5 Å². The summed E-state index contributed by atoms with van der Waals surface area (Å²) in [5, 5.41) is 0. The fourth-order valence-corrected chi connectivity index (χ4v) is 4.82. The Hall–Kier alpha value is -2.90. The lowest BCUT2D eigenvalue weighted by Gasteiger charge is -2.21. The van der Waals surface area contributed by atoms with Crippen LogP contribution in [0.4, 0.5) is 4.39 Å². The monoisotopic (exact) mass is 441 g/mol. The molecule has 162 valence electrons. The third-order valence-electron chi connectivity index (χ3n) is 5.19. The maximum absolute atomic E-state index is 13.7. The summed E-state index contributed by atoms with van der Waals surface area (Å²) in [6, 6.07) is 18.4. The van der Waals surface area contributed by atoms with Gasteiger partial charge in [0.25, 0.3) is 0 Å². The number of fused-ring (bicyclic) bond motifs is 1. The van der Waals surface area contributed by atoms with E-state index < -0.39 is 21.9 Å². The van der Waals surface area contributed by atoms with Gasteiger partial charge in [-0.15, -0.1) is 0 Å². The van der Waals surface area contributed by atoms with Gasteiger partial charge in [-0.2, -0.15) is 0 Å². The highest BCUT2D eigenvalue weighted by molar-refractivity contribution is 7.89. The Bertz CT molecular complexity index is 1170. The van der Waals surface area contributed by atoms with Gasteiger partial charge in [-0.3, -0.25) is 0 Å². The van der Waals surface area contributed by atoms with Crippen LogP contribution < -0.4 is 14.2 Å². The van der Waals surface area contributed by atoms with E-state index in [1.807, 2.05) is 48.5 Å². The summed E-state index contributed by atoms with van der Waals surface area (Å²) < 4.78 is 54.2. The summed E-state index contributed by atoms with van der Waals surface area (Å²) in [5.74, 6) is 0.810. The predicted octanol–water partition coefficient (Wildman–Crippen LogP) is 4.56. The lowest BCUT2D eigenvalue weighted by Crippen LogP contribution is -2.30. The Labute approximate surface area is 181 Å². The quantitative estimate of drug-likeness (QED) is 0.609. The van der Waals surface area contributed by atoms with Gasteiger partial charge in [0, 0.05) is 6.42 Å². The predicted molar refractivity (Wildman–Crippen MR) is 116 cm³/mol. The van der Waals surface area contributed by atoms with Crippen LogP contribution in [0.2, 0.25) is 0 Å². The number of ether oxygens (including phenoxy) is 2. The fourth-order valence-electron chi connectivity index (χ4n) is 3.51. The summed E-state index contributed by atoms with van der Waals surface area (Å²) in [6.45, 7) is 2.66. The summed E-state index contributed by atoms with van der Waals surface area (Å²) in [4.78, 5) is 0.0267. The molecule has 7 heteroatoms. The van der Waals surface area contributed by atoms with Crippen molar-refractivity contribution in [1.82, 2.24) is 4.72 Å². The summed E-state index contributed by atoms with van der Waals surface area (Å²) in [5.41, 5.74) is 2.02. The second-order valence-corrected chi connectivity index (χ2v) is 9.25. The number of rotatable bonds is 6. The number of halogens is 1. The molecule has 1 aliphatic rings. The molecule has 1 N–H and O–H groups in total. The average Bonchev–Trinajstić information content (AvgIpc) is 3.00. The highest BCUT2D eigenvalue weighted by Crippen LogP contribution is 2.33.